The molecule has 1 aromatic heterocycles. The number of carboxylic acids is 1. The van der Waals surface area contributed by atoms with E-state index in [1.165, 1.54) is 22.6 Å². The highest BCUT2D eigenvalue weighted by Crippen LogP contribution is 2.30. The molecule has 4 heteroatoms. The molecule has 0 radical (unpaired) electrons. The second kappa shape index (κ2) is 4.46. The highest BCUT2D eigenvalue weighted by Gasteiger charge is 2.21. The number of nitrogens with zero attached hydrogens (tertiary/aromatic N) is 1. The standard InChI is InChI=1S/C14H13NO2S/c16-14(17)13-11(6-8-18-13)9-15-7-5-10-3-1-2-4-12(10)15/h1-4,6,8H,5,7,9H2,(H,16,17). The molecule has 3 nitrogen and oxygen atoms in total. The number of thiophene rings is 1. The fourth-order valence-corrected chi connectivity index (χ4v) is 3.18. The zero-order valence-electron chi connectivity index (χ0n) is 9.80. The molecule has 1 aliphatic rings. The number of aromatic carboxylic acids is 1. The Balaban J connectivity index is 1.86. The quantitative estimate of drug-likeness (QED) is 0.921. The van der Waals surface area contributed by atoms with Crippen LogP contribution >= 0.6 is 11.3 Å². The van der Waals surface area contributed by atoms with Gasteiger partial charge >= 0.3 is 5.97 Å². The molecule has 0 unspecified atom stereocenters. The van der Waals surface area contributed by atoms with Crippen molar-refractivity contribution in [3.8, 4) is 0 Å². The molecule has 92 valence electrons. The van der Waals surface area contributed by atoms with Crippen molar-refractivity contribution in [2.75, 3.05) is 11.4 Å². The maximum Gasteiger partial charge on any atom is 0.346 e. The molecule has 0 saturated carbocycles. The van der Waals surface area contributed by atoms with Crippen LogP contribution in [0, 0.1) is 0 Å². The van der Waals surface area contributed by atoms with Crippen LogP contribution in [0.2, 0.25) is 0 Å². The first kappa shape index (κ1) is 11.3. The van der Waals surface area contributed by atoms with Crippen molar-refractivity contribution in [1.82, 2.24) is 0 Å². The highest BCUT2D eigenvalue weighted by molar-refractivity contribution is 7.12. The molecule has 0 aliphatic carbocycles. The van der Waals surface area contributed by atoms with Gasteiger partial charge in [0.2, 0.25) is 0 Å². The van der Waals surface area contributed by atoms with Crippen LogP contribution in [-0.2, 0) is 13.0 Å². The second-order valence-corrected chi connectivity index (χ2v) is 5.30. The number of hydrogen-bond donors (Lipinski definition) is 1. The summed E-state index contributed by atoms with van der Waals surface area (Å²) in [6.07, 6.45) is 1.04. The largest absolute Gasteiger partial charge is 0.477 e. The van der Waals surface area contributed by atoms with Gasteiger partial charge in [0, 0.05) is 18.8 Å². The summed E-state index contributed by atoms with van der Waals surface area (Å²) < 4.78 is 0. The van der Waals surface area contributed by atoms with Crippen molar-refractivity contribution in [3.63, 3.8) is 0 Å². The van der Waals surface area contributed by atoms with E-state index in [2.05, 4.69) is 23.1 Å². The average molecular weight is 259 g/mol. The third-order valence-electron chi connectivity index (χ3n) is 3.29. The van der Waals surface area contributed by atoms with E-state index in [1.54, 1.807) is 0 Å². The number of carboxylic acid groups (broad SMARTS) is 1. The summed E-state index contributed by atoms with van der Waals surface area (Å²) in [6.45, 7) is 1.65. The molecule has 2 aromatic rings. The van der Waals surface area contributed by atoms with Gasteiger partial charge in [-0.25, -0.2) is 4.79 Å². The molecule has 0 amide bonds. The fourth-order valence-electron chi connectivity index (χ4n) is 2.42. The molecule has 0 spiro atoms. The molecule has 0 bridgehead atoms. The normalized spacial score (nSPS) is 13.7. The number of para-hydroxylation sites is 1. The van der Waals surface area contributed by atoms with E-state index < -0.39 is 5.97 Å². The molecule has 1 N–H and O–H groups in total. The predicted molar refractivity (Wildman–Crippen MR) is 72.5 cm³/mol. The molecule has 18 heavy (non-hydrogen) atoms. The van der Waals surface area contributed by atoms with Crippen LogP contribution in [-0.4, -0.2) is 17.6 Å². The summed E-state index contributed by atoms with van der Waals surface area (Å²) in [5.74, 6) is -0.826. The highest BCUT2D eigenvalue weighted by atomic mass is 32.1. The Morgan fingerprint density at radius 3 is 3.00 bits per heavy atom. The van der Waals surface area contributed by atoms with Gasteiger partial charge in [-0.15, -0.1) is 11.3 Å². The van der Waals surface area contributed by atoms with Crippen molar-refractivity contribution in [2.45, 2.75) is 13.0 Å². The smallest absolute Gasteiger partial charge is 0.346 e. The van der Waals surface area contributed by atoms with E-state index in [9.17, 15) is 4.79 Å². The summed E-state index contributed by atoms with van der Waals surface area (Å²) >= 11 is 1.30. The van der Waals surface area contributed by atoms with Crippen molar-refractivity contribution < 1.29 is 9.90 Å². The molecule has 1 aliphatic heterocycles. The van der Waals surface area contributed by atoms with Crippen molar-refractivity contribution in [1.29, 1.82) is 0 Å². The Morgan fingerprint density at radius 1 is 1.33 bits per heavy atom. The molecule has 3 rings (SSSR count). The minimum absolute atomic E-state index is 0.458. The fraction of sp³-hybridized carbons (Fsp3) is 0.214. The van der Waals surface area contributed by atoms with Gasteiger partial charge in [-0.1, -0.05) is 18.2 Å². The van der Waals surface area contributed by atoms with Gasteiger partial charge in [0.1, 0.15) is 4.88 Å². The van der Waals surface area contributed by atoms with E-state index in [-0.39, 0.29) is 0 Å². The average Bonchev–Trinajstić information content (AvgIpc) is 2.97. The predicted octanol–water partition coefficient (Wildman–Crippen LogP) is 3.01. The molecule has 2 heterocycles. The first-order valence-corrected chi connectivity index (χ1v) is 6.76. The third kappa shape index (κ3) is 1.88. The molecule has 0 atom stereocenters. The maximum atomic E-state index is 11.1. The van der Waals surface area contributed by atoms with Gasteiger partial charge in [0.25, 0.3) is 0 Å². The first-order valence-electron chi connectivity index (χ1n) is 5.88. The van der Waals surface area contributed by atoms with Gasteiger partial charge in [0.15, 0.2) is 0 Å². The Hall–Kier alpha value is -1.81. The zero-order chi connectivity index (χ0) is 12.5. The lowest BCUT2D eigenvalue weighted by molar-refractivity contribution is 0.0701. The number of rotatable bonds is 3. The number of hydrogen-bond acceptors (Lipinski definition) is 3. The van der Waals surface area contributed by atoms with Crippen LogP contribution in [0.1, 0.15) is 20.8 Å². The van der Waals surface area contributed by atoms with E-state index in [4.69, 9.17) is 5.11 Å². The lowest BCUT2D eigenvalue weighted by Gasteiger charge is -2.19. The number of fused-ring (bicyclic) bond motifs is 1. The minimum Gasteiger partial charge on any atom is -0.477 e. The van der Waals surface area contributed by atoms with Crippen molar-refractivity contribution >= 4 is 23.0 Å². The van der Waals surface area contributed by atoms with Crippen LogP contribution < -0.4 is 4.90 Å². The van der Waals surface area contributed by atoms with Gasteiger partial charge in [-0.3, -0.25) is 0 Å². The number of anilines is 1. The maximum absolute atomic E-state index is 11.1. The van der Waals surface area contributed by atoms with Gasteiger partial charge in [-0.2, -0.15) is 0 Å². The van der Waals surface area contributed by atoms with Crippen molar-refractivity contribution in [3.05, 3.63) is 51.7 Å². The Bertz CT molecular complexity index is 591. The van der Waals surface area contributed by atoms with Crippen LogP contribution in [0.15, 0.2) is 35.7 Å². The summed E-state index contributed by atoms with van der Waals surface area (Å²) in [5, 5.41) is 11.0. The first-order chi connectivity index (χ1) is 8.75. The topological polar surface area (TPSA) is 40.5 Å². The van der Waals surface area contributed by atoms with Crippen LogP contribution in [0.5, 0.6) is 0 Å². The third-order valence-corrected chi connectivity index (χ3v) is 4.23. The minimum atomic E-state index is -0.826. The lowest BCUT2D eigenvalue weighted by atomic mass is 10.2. The lowest BCUT2D eigenvalue weighted by Crippen LogP contribution is -2.20. The molecule has 1 aromatic carbocycles. The van der Waals surface area contributed by atoms with Crippen LogP contribution in [0.25, 0.3) is 0 Å². The number of benzene rings is 1. The molecular formula is C14H13NO2S. The van der Waals surface area contributed by atoms with Crippen LogP contribution in [0.3, 0.4) is 0 Å². The molecular weight excluding hydrogens is 246 g/mol. The Morgan fingerprint density at radius 2 is 2.17 bits per heavy atom. The Kier molecular flexibility index (Phi) is 2.80. The summed E-state index contributed by atoms with van der Waals surface area (Å²) in [7, 11) is 0. The number of carbonyl (C=O) groups is 1. The summed E-state index contributed by atoms with van der Waals surface area (Å²) in [4.78, 5) is 13.8. The van der Waals surface area contributed by atoms with E-state index in [0.29, 0.717) is 11.4 Å². The molecule has 0 saturated heterocycles. The van der Waals surface area contributed by atoms with E-state index in [1.807, 2.05) is 17.5 Å². The Labute approximate surface area is 109 Å². The monoisotopic (exact) mass is 259 g/mol. The van der Waals surface area contributed by atoms with Crippen molar-refractivity contribution in [2.24, 2.45) is 0 Å². The SMILES string of the molecule is O=C(O)c1sccc1CN1CCc2ccccc21. The summed E-state index contributed by atoms with van der Waals surface area (Å²) in [6, 6.07) is 10.2. The van der Waals surface area contributed by atoms with E-state index in [0.717, 1.165) is 18.5 Å². The van der Waals surface area contributed by atoms with Crippen LogP contribution in [0.4, 0.5) is 5.69 Å². The summed E-state index contributed by atoms with van der Waals surface area (Å²) in [5.41, 5.74) is 3.49. The second-order valence-electron chi connectivity index (χ2n) is 4.38. The van der Waals surface area contributed by atoms with Gasteiger partial charge in [0.05, 0.1) is 0 Å². The zero-order valence-corrected chi connectivity index (χ0v) is 10.6. The van der Waals surface area contributed by atoms with Gasteiger partial charge < -0.3 is 10.0 Å². The van der Waals surface area contributed by atoms with E-state index >= 15 is 0 Å². The van der Waals surface area contributed by atoms with Gasteiger partial charge in [-0.05, 0) is 35.1 Å². The molecule has 0 fully saturated rings.